The van der Waals surface area contributed by atoms with Gasteiger partial charge in [-0.2, -0.15) is 0 Å². The Kier molecular flexibility index (Phi) is 6.72. The summed E-state index contributed by atoms with van der Waals surface area (Å²) in [5, 5.41) is 43.4. The summed E-state index contributed by atoms with van der Waals surface area (Å²) in [6.45, 7) is 17.4. The summed E-state index contributed by atoms with van der Waals surface area (Å²) in [5.74, 6) is 0.976. The van der Waals surface area contributed by atoms with Crippen LogP contribution < -0.4 is 0 Å². The van der Waals surface area contributed by atoms with Crippen molar-refractivity contribution in [3.05, 3.63) is 12.2 Å². The quantitative estimate of drug-likeness (QED) is 0.216. The second-order valence-corrected chi connectivity index (χ2v) is 15.0. The monoisotopic (exact) mass is 492 g/mol. The van der Waals surface area contributed by atoms with Gasteiger partial charge >= 0.3 is 0 Å². The molecule has 10 atom stereocenters. The van der Waals surface area contributed by atoms with Gasteiger partial charge < -0.3 is 15.3 Å². The molecule has 4 N–H and O–H groups in total. The third-order valence-corrected chi connectivity index (χ3v) is 12.5. The second kappa shape index (κ2) is 8.53. The van der Waals surface area contributed by atoms with Crippen LogP contribution in [0.1, 0.15) is 107 Å². The van der Waals surface area contributed by atoms with Crippen molar-refractivity contribution in [1.29, 1.82) is 0 Å². The van der Waals surface area contributed by atoms with Crippen molar-refractivity contribution in [2.45, 2.75) is 130 Å². The largest absolute Gasteiger partial charge is 0.393 e. The molecule has 5 heteroatoms. The average molecular weight is 493 g/mol. The Labute approximate surface area is 213 Å². The van der Waals surface area contributed by atoms with Crippen molar-refractivity contribution in [2.75, 3.05) is 0 Å². The summed E-state index contributed by atoms with van der Waals surface area (Å²) in [7, 11) is 0. The molecule has 4 rings (SSSR count). The first-order chi connectivity index (χ1) is 16.0. The highest BCUT2D eigenvalue weighted by atomic mass is 17.1. The van der Waals surface area contributed by atoms with Gasteiger partial charge in [-0.25, -0.2) is 4.89 Å². The van der Waals surface area contributed by atoms with Crippen molar-refractivity contribution in [3.63, 3.8) is 0 Å². The van der Waals surface area contributed by atoms with Gasteiger partial charge in [0.2, 0.25) is 0 Å². The molecule has 0 aromatic heterocycles. The highest BCUT2D eigenvalue weighted by molar-refractivity contribution is 5.20. The predicted octanol–water partition coefficient (Wildman–Crippen LogP) is 5.97. The Hall–Kier alpha value is -0.460. The standard InChI is InChI=1S/C30H52O5/c1-25(2,35-34)13-9-14-30(8,33)19-10-16-29(7)24(19)20(31)18-22-27(5)15-12-23(32)26(3,4)21(27)11-17-28(22,29)6/h9,13,19-24,31-34H,10-12,14-18H2,1-8H3/b13-9+/t19-,20+,21+,22+,23+,24-,27-,28+,29+,30-/m0/s1. The van der Waals surface area contributed by atoms with Crippen LogP contribution in [0.4, 0.5) is 0 Å². The molecule has 0 heterocycles. The molecule has 0 aromatic rings. The number of hydrogen-bond acceptors (Lipinski definition) is 5. The topological polar surface area (TPSA) is 90.2 Å². The minimum atomic E-state index is -0.938. The molecule has 0 bridgehead atoms. The SMILES string of the molecule is CC(C)(/C=C/C[C@](C)(O)[C@H]1CC[C@]2(C)[C@@H]1[C@H](O)C[C@@H]1[C@@]3(C)CC[C@@H](O)C(C)(C)[C@H]3CC[C@]12C)OO. The molecule has 0 aromatic carbocycles. The summed E-state index contributed by atoms with van der Waals surface area (Å²) in [6.07, 6.45) is 10.4. The first-order valence-corrected chi connectivity index (χ1v) is 14.0. The lowest BCUT2D eigenvalue weighted by molar-refractivity contribution is -0.297. The van der Waals surface area contributed by atoms with Crippen LogP contribution in [0.15, 0.2) is 12.2 Å². The van der Waals surface area contributed by atoms with E-state index in [1.807, 2.05) is 13.0 Å². The summed E-state index contributed by atoms with van der Waals surface area (Å²) >= 11 is 0. The van der Waals surface area contributed by atoms with Crippen LogP contribution in [-0.2, 0) is 4.89 Å². The van der Waals surface area contributed by atoms with Crippen molar-refractivity contribution < 1.29 is 25.5 Å². The number of fused-ring (bicyclic) bond motifs is 5. The fourth-order valence-corrected chi connectivity index (χ4v) is 10.2. The third kappa shape index (κ3) is 3.98. The van der Waals surface area contributed by atoms with Gasteiger partial charge in [0.25, 0.3) is 0 Å². The number of hydrogen-bond donors (Lipinski definition) is 4. The highest BCUT2D eigenvalue weighted by Crippen LogP contribution is 2.75. The lowest BCUT2D eigenvalue weighted by Gasteiger charge is -2.70. The van der Waals surface area contributed by atoms with Crippen LogP contribution in [0.25, 0.3) is 0 Å². The Morgan fingerprint density at radius 1 is 0.886 bits per heavy atom. The third-order valence-electron chi connectivity index (χ3n) is 12.5. The van der Waals surface area contributed by atoms with Crippen LogP contribution in [0, 0.1) is 45.3 Å². The van der Waals surface area contributed by atoms with Crippen molar-refractivity contribution in [1.82, 2.24) is 0 Å². The van der Waals surface area contributed by atoms with E-state index in [2.05, 4.69) is 39.5 Å². The lowest BCUT2D eigenvalue weighted by atomic mass is 9.35. The van der Waals surface area contributed by atoms with Gasteiger partial charge in [0.1, 0.15) is 5.60 Å². The van der Waals surface area contributed by atoms with Gasteiger partial charge in [0.15, 0.2) is 0 Å². The van der Waals surface area contributed by atoms with Crippen LogP contribution in [-0.4, -0.2) is 44.0 Å². The Balaban J connectivity index is 1.64. The van der Waals surface area contributed by atoms with E-state index in [4.69, 9.17) is 5.26 Å². The first kappa shape index (κ1) is 27.6. The molecule has 0 radical (unpaired) electrons. The smallest absolute Gasteiger partial charge is 0.116 e. The van der Waals surface area contributed by atoms with E-state index in [1.54, 1.807) is 19.9 Å². The number of rotatable bonds is 5. The summed E-state index contributed by atoms with van der Waals surface area (Å²) < 4.78 is 0. The van der Waals surface area contributed by atoms with Gasteiger partial charge in [-0.05, 0) is 117 Å². The Morgan fingerprint density at radius 3 is 2.14 bits per heavy atom. The zero-order valence-electron chi connectivity index (χ0n) is 23.5. The first-order valence-electron chi connectivity index (χ1n) is 14.0. The normalized spacial score (nSPS) is 49.3. The summed E-state index contributed by atoms with van der Waals surface area (Å²) in [5.41, 5.74) is -1.64. The summed E-state index contributed by atoms with van der Waals surface area (Å²) in [6, 6.07) is 0. The molecule has 0 saturated heterocycles. The minimum Gasteiger partial charge on any atom is -0.393 e. The fourth-order valence-electron chi connectivity index (χ4n) is 10.2. The molecule has 0 unspecified atom stereocenters. The van der Waals surface area contributed by atoms with E-state index >= 15 is 0 Å². The van der Waals surface area contributed by atoms with E-state index in [0.29, 0.717) is 18.3 Å². The maximum absolute atomic E-state index is 11.8. The van der Waals surface area contributed by atoms with E-state index in [0.717, 1.165) is 44.9 Å². The van der Waals surface area contributed by atoms with Gasteiger partial charge in [-0.3, -0.25) is 5.26 Å². The molecule has 0 spiro atoms. The molecule has 4 fully saturated rings. The summed E-state index contributed by atoms with van der Waals surface area (Å²) in [4.78, 5) is 4.52. The Bertz CT molecular complexity index is 833. The van der Waals surface area contributed by atoms with E-state index in [9.17, 15) is 15.3 Å². The molecule has 4 saturated carbocycles. The molecule has 4 aliphatic rings. The molecule has 35 heavy (non-hydrogen) atoms. The number of aliphatic hydroxyl groups excluding tert-OH is 2. The van der Waals surface area contributed by atoms with E-state index < -0.39 is 17.3 Å². The molecule has 202 valence electrons. The fraction of sp³-hybridized carbons (Fsp3) is 0.933. The van der Waals surface area contributed by atoms with Crippen molar-refractivity contribution in [2.24, 2.45) is 45.3 Å². The maximum atomic E-state index is 11.8. The van der Waals surface area contributed by atoms with E-state index in [-0.39, 0.29) is 39.6 Å². The van der Waals surface area contributed by atoms with Gasteiger partial charge in [-0.15, -0.1) is 0 Å². The van der Waals surface area contributed by atoms with Gasteiger partial charge in [0.05, 0.1) is 17.8 Å². The minimum absolute atomic E-state index is 0.0261. The molecule has 4 aliphatic carbocycles. The number of aliphatic hydroxyl groups is 3. The lowest BCUT2D eigenvalue weighted by Crippen LogP contribution is -2.66. The van der Waals surface area contributed by atoms with Crippen LogP contribution in [0.2, 0.25) is 0 Å². The van der Waals surface area contributed by atoms with Gasteiger partial charge in [-0.1, -0.05) is 46.8 Å². The zero-order chi connectivity index (χ0) is 26.2. The van der Waals surface area contributed by atoms with Gasteiger partial charge in [0, 0.05) is 0 Å². The van der Waals surface area contributed by atoms with Crippen LogP contribution in [0.5, 0.6) is 0 Å². The maximum Gasteiger partial charge on any atom is 0.116 e. The molecular formula is C30H52O5. The second-order valence-electron chi connectivity index (χ2n) is 15.0. The van der Waals surface area contributed by atoms with Crippen LogP contribution in [0.3, 0.4) is 0 Å². The Morgan fingerprint density at radius 2 is 1.51 bits per heavy atom. The van der Waals surface area contributed by atoms with Crippen LogP contribution >= 0.6 is 0 Å². The molecule has 0 amide bonds. The highest BCUT2D eigenvalue weighted by Gasteiger charge is 2.71. The zero-order valence-corrected chi connectivity index (χ0v) is 23.5. The molecule has 5 nitrogen and oxygen atoms in total. The molecule has 0 aliphatic heterocycles. The molecular weight excluding hydrogens is 440 g/mol. The van der Waals surface area contributed by atoms with Crippen molar-refractivity contribution in [3.8, 4) is 0 Å². The average Bonchev–Trinajstić information content (AvgIpc) is 3.14. The predicted molar refractivity (Wildman–Crippen MR) is 139 cm³/mol. The van der Waals surface area contributed by atoms with Crippen molar-refractivity contribution >= 4 is 0 Å². The van der Waals surface area contributed by atoms with E-state index in [1.165, 1.54) is 0 Å².